The maximum absolute atomic E-state index is 6.27. The summed E-state index contributed by atoms with van der Waals surface area (Å²) in [5.74, 6) is 1.15. The zero-order chi connectivity index (χ0) is 15.6. The number of ether oxygens (including phenoxy) is 1. The van der Waals surface area contributed by atoms with E-state index in [0.717, 1.165) is 27.5 Å². The fourth-order valence-corrected chi connectivity index (χ4v) is 2.82. The minimum Gasteiger partial charge on any atom is -0.488 e. The van der Waals surface area contributed by atoms with Gasteiger partial charge < -0.3 is 10.5 Å². The number of anilines is 1. The van der Waals surface area contributed by atoms with Crippen LogP contribution < -0.4 is 10.5 Å². The molecule has 2 rings (SSSR count). The zero-order valence-electron chi connectivity index (χ0n) is 12.4. The average molecular weight is 324 g/mol. The highest BCUT2D eigenvalue weighted by Gasteiger charge is 2.11. The number of halogens is 2. The van der Waals surface area contributed by atoms with E-state index in [2.05, 4.69) is 13.8 Å². The SMILES string of the molecule is Cc1cc(Cl)c(C(C)C)cc1OCc1c(N)cccc1Cl. The van der Waals surface area contributed by atoms with E-state index in [-0.39, 0.29) is 0 Å². The predicted octanol–water partition coefficient (Wildman–Crippen LogP) is 5.59. The van der Waals surface area contributed by atoms with Gasteiger partial charge in [0, 0.05) is 21.3 Å². The summed E-state index contributed by atoms with van der Waals surface area (Å²) in [6.45, 7) is 6.52. The van der Waals surface area contributed by atoms with Crippen LogP contribution in [0.3, 0.4) is 0 Å². The summed E-state index contributed by atoms with van der Waals surface area (Å²) >= 11 is 12.4. The van der Waals surface area contributed by atoms with E-state index in [0.29, 0.717) is 23.2 Å². The standard InChI is InChI=1S/C17H19Cl2NO/c1-10(2)12-8-17(11(3)7-15(12)19)21-9-13-14(18)5-4-6-16(13)20/h4-8,10H,9,20H2,1-3H3. The third-order valence-corrected chi connectivity index (χ3v) is 4.12. The van der Waals surface area contributed by atoms with E-state index in [1.807, 2.05) is 37.3 Å². The fraction of sp³-hybridized carbons (Fsp3) is 0.294. The van der Waals surface area contributed by atoms with Gasteiger partial charge in [-0.15, -0.1) is 0 Å². The quantitative estimate of drug-likeness (QED) is 0.744. The van der Waals surface area contributed by atoms with Crippen molar-refractivity contribution in [3.05, 3.63) is 57.1 Å². The van der Waals surface area contributed by atoms with E-state index in [1.54, 1.807) is 0 Å². The average Bonchev–Trinajstić information content (AvgIpc) is 2.39. The Balaban J connectivity index is 2.26. The van der Waals surface area contributed by atoms with Crippen LogP contribution in [0.1, 0.15) is 36.5 Å². The first kappa shape index (κ1) is 16.0. The highest BCUT2D eigenvalue weighted by molar-refractivity contribution is 6.32. The molecule has 0 aliphatic rings. The topological polar surface area (TPSA) is 35.2 Å². The molecule has 0 saturated heterocycles. The second kappa shape index (κ2) is 6.59. The third kappa shape index (κ3) is 3.63. The monoisotopic (exact) mass is 323 g/mol. The van der Waals surface area contributed by atoms with Crippen LogP contribution in [0.15, 0.2) is 30.3 Å². The van der Waals surface area contributed by atoms with Crippen LogP contribution >= 0.6 is 23.2 Å². The molecule has 2 aromatic rings. The largest absolute Gasteiger partial charge is 0.488 e. The van der Waals surface area contributed by atoms with Crippen LogP contribution in [0.4, 0.5) is 5.69 Å². The van der Waals surface area contributed by atoms with Crippen LogP contribution in [-0.4, -0.2) is 0 Å². The first-order valence-corrected chi connectivity index (χ1v) is 7.61. The molecule has 0 heterocycles. The molecule has 4 heteroatoms. The Morgan fingerprint density at radius 1 is 1.14 bits per heavy atom. The third-order valence-electron chi connectivity index (χ3n) is 3.44. The van der Waals surface area contributed by atoms with Gasteiger partial charge in [0.05, 0.1) is 0 Å². The number of benzene rings is 2. The van der Waals surface area contributed by atoms with Crippen LogP contribution in [0.2, 0.25) is 10.0 Å². The van der Waals surface area contributed by atoms with E-state index in [4.69, 9.17) is 33.7 Å². The molecule has 0 radical (unpaired) electrons. The molecular weight excluding hydrogens is 305 g/mol. The van der Waals surface area contributed by atoms with Gasteiger partial charge in [0.25, 0.3) is 0 Å². The van der Waals surface area contributed by atoms with Crippen molar-refractivity contribution in [1.82, 2.24) is 0 Å². The summed E-state index contributed by atoms with van der Waals surface area (Å²) < 4.78 is 5.91. The van der Waals surface area contributed by atoms with E-state index < -0.39 is 0 Å². The van der Waals surface area contributed by atoms with Gasteiger partial charge in [0.15, 0.2) is 0 Å². The van der Waals surface area contributed by atoms with Crippen LogP contribution in [0.5, 0.6) is 5.75 Å². The molecular formula is C17H19Cl2NO. The Hall–Kier alpha value is -1.38. The smallest absolute Gasteiger partial charge is 0.123 e. The molecule has 0 atom stereocenters. The van der Waals surface area contributed by atoms with E-state index in [1.165, 1.54) is 0 Å². The molecule has 112 valence electrons. The Labute approximate surface area is 135 Å². The summed E-state index contributed by atoms with van der Waals surface area (Å²) in [7, 11) is 0. The number of nitrogen functional groups attached to an aromatic ring is 1. The lowest BCUT2D eigenvalue weighted by molar-refractivity contribution is 0.304. The highest BCUT2D eigenvalue weighted by Crippen LogP contribution is 2.32. The number of hydrogen-bond acceptors (Lipinski definition) is 2. The Bertz CT molecular complexity index is 633. The molecule has 2 aromatic carbocycles. The second-order valence-corrected chi connectivity index (χ2v) is 6.20. The van der Waals surface area contributed by atoms with Crippen molar-refractivity contribution in [3.63, 3.8) is 0 Å². The molecule has 0 amide bonds. The van der Waals surface area contributed by atoms with Gasteiger partial charge in [-0.3, -0.25) is 0 Å². The highest BCUT2D eigenvalue weighted by atomic mass is 35.5. The second-order valence-electron chi connectivity index (χ2n) is 5.39. The van der Waals surface area contributed by atoms with Crippen molar-refractivity contribution < 1.29 is 4.74 Å². The van der Waals surface area contributed by atoms with Crippen molar-refractivity contribution in [2.75, 3.05) is 5.73 Å². The Morgan fingerprint density at radius 3 is 2.48 bits per heavy atom. The number of nitrogens with two attached hydrogens (primary N) is 1. The molecule has 0 saturated carbocycles. The summed E-state index contributed by atoms with van der Waals surface area (Å²) in [4.78, 5) is 0. The number of rotatable bonds is 4. The minimum absolute atomic E-state index is 0.339. The van der Waals surface area contributed by atoms with Crippen molar-refractivity contribution in [2.24, 2.45) is 0 Å². The van der Waals surface area contributed by atoms with Gasteiger partial charge in [-0.1, -0.05) is 43.1 Å². The lowest BCUT2D eigenvalue weighted by atomic mass is 10.0. The maximum atomic E-state index is 6.27. The van der Waals surface area contributed by atoms with Gasteiger partial charge in [0.1, 0.15) is 12.4 Å². The van der Waals surface area contributed by atoms with Gasteiger partial charge in [-0.25, -0.2) is 0 Å². The van der Waals surface area contributed by atoms with Crippen molar-refractivity contribution in [2.45, 2.75) is 33.3 Å². The minimum atomic E-state index is 0.339. The van der Waals surface area contributed by atoms with Gasteiger partial charge in [-0.05, 0) is 48.2 Å². The van der Waals surface area contributed by atoms with Crippen LogP contribution in [-0.2, 0) is 6.61 Å². The van der Waals surface area contributed by atoms with E-state index in [9.17, 15) is 0 Å². The molecule has 0 aliphatic carbocycles. The zero-order valence-corrected chi connectivity index (χ0v) is 13.9. The molecule has 0 aliphatic heterocycles. The maximum Gasteiger partial charge on any atom is 0.123 e. The van der Waals surface area contributed by atoms with Crippen LogP contribution in [0.25, 0.3) is 0 Å². The molecule has 0 bridgehead atoms. The Morgan fingerprint density at radius 2 is 1.86 bits per heavy atom. The number of hydrogen-bond donors (Lipinski definition) is 1. The fourth-order valence-electron chi connectivity index (χ4n) is 2.14. The first-order valence-electron chi connectivity index (χ1n) is 6.86. The Kier molecular flexibility index (Phi) is 5.02. The molecule has 21 heavy (non-hydrogen) atoms. The normalized spacial score (nSPS) is 11.0. The van der Waals surface area contributed by atoms with Crippen molar-refractivity contribution >= 4 is 28.9 Å². The molecule has 0 spiro atoms. The summed E-state index contributed by atoms with van der Waals surface area (Å²) in [5.41, 5.74) is 9.45. The molecule has 2 N–H and O–H groups in total. The van der Waals surface area contributed by atoms with E-state index >= 15 is 0 Å². The summed E-state index contributed by atoms with van der Waals surface area (Å²) in [6, 6.07) is 9.38. The summed E-state index contributed by atoms with van der Waals surface area (Å²) in [6.07, 6.45) is 0. The molecule has 0 fully saturated rings. The lowest BCUT2D eigenvalue weighted by Crippen LogP contribution is -2.03. The van der Waals surface area contributed by atoms with Gasteiger partial charge >= 0.3 is 0 Å². The van der Waals surface area contributed by atoms with Crippen molar-refractivity contribution in [3.8, 4) is 5.75 Å². The van der Waals surface area contributed by atoms with Gasteiger partial charge in [0.2, 0.25) is 0 Å². The predicted molar refractivity (Wildman–Crippen MR) is 90.5 cm³/mol. The van der Waals surface area contributed by atoms with Crippen molar-refractivity contribution in [1.29, 1.82) is 0 Å². The lowest BCUT2D eigenvalue weighted by Gasteiger charge is -2.16. The van der Waals surface area contributed by atoms with Crippen LogP contribution in [0, 0.1) is 6.92 Å². The molecule has 0 unspecified atom stereocenters. The summed E-state index contributed by atoms with van der Waals surface area (Å²) in [5, 5.41) is 1.39. The molecule has 2 nitrogen and oxygen atoms in total. The van der Waals surface area contributed by atoms with Gasteiger partial charge in [-0.2, -0.15) is 0 Å². The number of aryl methyl sites for hydroxylation is 1. The molecule has 0 aromatic heterocycles. The first-order chi connectivity index (χ1) is 9.90.